The van der Waals surface area contributed by atoms with Gasteiger partial charge in [0.2, 0.25) is 10.0 Å². The van der Waals surface area contributed by atoms with Gasteiger partial charge in [0, 0.05) is 18.7 Å². The summed E-state index contributed by atoms with van der Waals surface area (Å²) < 4.78 is 28.5. The Kier molecular flexibility index (Phi) is 8.05. The summed E-state index contributed by atoms with van der Waals surface area (Å²) in [5.74, 6) is -0.354. The normalized spacial score (nSPS) is 11.9. The Bertz CT molecular complexity index is 1140. The van der Waals surface area contributed by atoms with Crippen molar-refractivity contribution < 1.29 is 13.2 Å². The number of rotatable bonds is 10. The van der Waals surface area contributed by atoms with Gasteiger partial charge in [-0.05, 0) is 49.2 Å². The monoisotopic (exact) mass is 479 g/mol. The number of hydrogen-bond acceptors (Lipinski definition) is 5. The predicted molar refractivity (Wildman–Crippen MR) is 128 cm³/mol. The largest absolute Gasteiger partial charge is 0.298 e. The molecule has 0 spiro atoms. The highest BCUT2D eigenvalue weighted by Gasteiger charge is 2.24. The van der Waals surface area contributed by atoms with Gasteiger partial charge in [0.05, 0.1) is 14.6 Å². The molecule has 1 amide bonds. The Hall–Kier alpha value is -2.00. The fourth-order valence-corrected chi connectivity index (χ4v) is 5.76. The van der Waals surface area contributed by atoms with Gasteiger partial charge in [0.1, 0.15) is 5.52 Å². The molecule has 0 saturated carbocycles. The number of carbonyl (C=O) groups is 1. The molecular weight excluding hydrogens is 454 g/mol. The van der Waals surface area contributed by atoms with E-state index < -0.39 is 10.0 Å². The van der Waals surface area contributed by atoms with Gasteiger partial charge in [-0.15, -0.1) is 0 Å². The minimum absolute atomic E-state index is 0.197. The van der Waals surface area contributed by atoms with Crippen molar-refractivity contribution in [3.63, 3.8) is 0 Å². The number of halogens is 1. The van der Waals surface area contributed by atoms with Crippen LogP contribution in [0, 0.1) is 0 Å². The van der Waals surface area contributed by atoms with Gasteiger partial charge < -0.3 is 0 Å². The average molecular weight is 480 g/mol. The van der Waals surface area contributed by atoms with Crippen LogP contribution in [0.5, 0.6) is 0 Å². The predicted octanol–water partition coefficient (Wildman–Crippen LogP) is 5.79. The van der Waals surface area contributed by atoms with E-state index in [-0.39, 0.29) is 10.8 Å². The first-order valence-corrected chi connectivity index (χ1v) is 13.0. The van der Waals surface area contributed by atoms with E-state index in [1.165, 1.54) is 35.6 Å². The maximum atomic E-state index is 13.1. The lowest BCUT2D eigenvalue weighted by atomic mass is 10.2. The third kappa shape index (κ3) is 5.63. The van der Waals surface area contributed by atoms with Crippen LogP contribution < -0.4 is 5.32 Å². The van der Waals surface area contributed by atoms with Crippen molar-refractivity contribution in [2.75, 3.05) is 18.4 Å². The van der Waals surface area contributed by atoms with Crippen LogP contribution in [0.4, 0.5) is 5.13 Å². The van der Waals surface area contributed by atoms with Crippen molar-refractivity contribution >= 4 is 54.2 Å². The molecule has 6 nitrogen and oxygen atoms in total. The van der Waals surface area contributed by atoms with Crippen LogP contribution in [-0.2, 0) is 10.0 Å². The van der Waals surface area contributed by atoms with Crippen molar-refractivity contribution in [2.24, 2.45) is 0 Å². The lowest BCUT2D eigenvalue weighted by Gasteiger charge is -2.22. The molecule has 0 aliphatic heterocycles. The van der Waals surface area contributed by atoms with E-state index in [0.717, 1.165) is 30.4 Å². The van der Waals surface area contributed by atoms with E-state index in [4.69, 9.17) is 11.6 Å². The molecule has 9 heteroatoms. The highest BCUT2D eigenvalue weighted by Crippen LogP contribution is 2.31. The van der Waals surface area contributed by atoms with E-state index in [2.05, 4.69) is 10.3 Å². The fourth-order valence-electron chi connectivity index (χ4n) is 3.09. The van der Waals surface area contributed by atoms with Crippen LogP contribution in [0.15, 0.2) is 47.4 Å². The molecule has 0 bridgehead atoms. The van der Waals surface area contributed by atoms with Gasteiger partial charge in [-0.3, -0.25) is 10.1 Å². The summed E-state index contributed by atoms with van der Waals surface area (Å²) in [7, 11) is -3.59. The fraction of sp³-hybridized carbons (Fsp3) is 0.364. The quantitative estimate of drug-likeness (QED) is 0.399. The molecule has 0 saturated heterocycles. The summed E-state index contributed by atoms with van der Waals surface area (Å²) in [5.41, 5.74) is 1.00. The molecule has 2 aromatic carbocycles. The number of amides is 1. The first-order chi connectivity index (χ1) is 14.9. The number of nitrogens with one attached hydrogen (secondary N) is 1. The molecule has 1 heterocycles. The minimum Gasteiger partial charge on any atom is -0.298 e. The zero-order valence-corrected chi connectivity index (χ0v) is 20.0. The van der Waals surface area contributed by atoms with E-state index in [9.17, 15) is 13.2 Å². The standard InChI is InChI=1S/C22H26ClN3O3S2/c1-3-5-14-26(15-6-4-2)31(28,29)17-12-10-16(11-13-17)21(27)25-22-24-20-18(23)8-7-9-19(20)30-22/h7-13H,3-6,14-15H2,1-2H3,(H,24,25,27). The third-order valence-corrected chi connectivity index (χ3v) is 8.02. The molecule has 1 aromatic heterocycles. The summed E-state index contributed by atoms with van der Waals surface area (Å²) in [6, 6.07) is 11.5. The number of nitrogens with zero attached hydrogens (tertiary/aromatic N) is 2. The first-order valence-electron chi connectivity index (χ1n) is 10.3. The Morgan fingerprint density at radius 1 is 1.06 bits per heavy atom. The summed E-state index contributed by atoms with van der Waals surface area (Å²) >= 11 is 7.47. The topological polar surface area (TPSA) is 79.4 Å². The van der Waals surface area contributed by atoms with E-state index in [1.807, 2.05) is 26.0 Å². The van der Waals surface area contributed by atoms with Gasteiger partial charge in [-0.25, -0.2) is 13.4 Å². The van der Waals surface area contributed by atoms with E-state index in [0.29, 0.717) is 34.3 Å². The number of anilines is 1. The number of aromatic nitrogens is 1. The minimum atomic E-state index is -3.59. The van der Waals surface area contributed by atoms with Crippen LogP contribution >= 0.6 is 22.9 Å². The highest BCUT2D eigenvalue weighted by molar-refractivity contribution is 7.89. The van der Waals surface area contributed by atoms with Crippen molar-refractivity contribution in [1.82, 2.24) is 9.29 Å². The second kappa shape index (κ2) is 10.5. The Labute approximate surface area is 192 Å². The highest BCUT2D eigenvalue weighted by atomic mass is 35.5. The Morgan fingerprint density at radius 2 is 1.71 bits per heavy atom. The molecule has 3 aromatic rings. The number of hydrogen-bond donors (Lipinski definition) is 1. The molecule has 3 rings (SSSR count). The molecular formula is C22H26ClN3O3S2. The van der Waals surface area contributed by atoms with E-state index in [1.54, 1.807) is 10.4 Å². The number of benzene rings is 2. The Balaban J connectivity index is 1.75. The van der Waals surface area contributed by atoms with Crippen LogP contribution in [0.2, 0.25) is 5.02 Å². The summed E-state index contributed by atoms with van der Waals surface area (Å²) in [6.07, 6.45) is 3.48. The molecule has 0 aliphatic carbocycles. The maximum absolute atomic E-state index is 13.1. The van der Waals surface area contributed by atoms with Crippen LogP contribution in [0.3, 0.4) is 0 Å². The first kappa shape index (κ1) is 23.7. The van der Waals surface area contributed by atoms with Gasteiger partial charge in [-0.2, -0.15) is 4.31 Å². The molecule has 0 aliphatic rings. The van der Waals surface area contributed by atoms with Crippen LogP contribution in [-0.4, -0.2) is 36.7 Å². The number of carbonyl (C=O) groups excluding carboxylic acids is 1. The zero-order chi connectivity index (χ0) is 22.4. The molecule has 0 radical (unpaired) electrons. The summed E-state index contributed by atoms with van der Waals surface area (Å²) in [6.45, 7) is 5.08. The van der Waals surface area contributed by atoms with Gasteiger partial charge in [0.15, 0.2) is 5.13 Å². The molecule has 1 N–H and O–H groups in total. The maximum Gasteiger partial charge on any atom is 0.257 e. The van der Waals surface area contributed by atoms with Crippen LogP contribution in [0.1, 0.15) is 49.9 Å². The van der Waals surface area contributed by atoms with Crippen molar-refractivity contribution in [3.05, 3.63) is 53.1 Å². The number of thiazole rings is 1. The number of fused-ring (bicyclic) bond motifs is 1. The molecule has 31 heavy (non-hydrogen) atoms. The summed E-state index contributed by atoms with van der Waals surface area (Å²) in [5, 5.41) is 3.73. The number of sulfonamides is 1. The van der Waals surface area contributed by atoms with Gasteiger partial charge in [-0.1, -0.05) is 55.7 Å². The smallest absolute Gasteiger partial charge is 0.257 e. The van der Waals surface area contributed by atoms with Crippen molar-refractivity contribution in [2.45, 2.75) is 44.4 Å². The van der Waals surface area contributed by atoms with E-state index >= 15 is 0 Å². The molecule has 166 valence electrons. The summed E-state index contributed by atoms with van der Waals surface area (Å²) in [4.78, 5) is 17.2. The Morgan fingerprint density at radius 3 is 2.29 bits per heavy atom. The second-order valence-electron chi connectivity index (χ2n) is 7.20. The SMILES string of the molecule is CCCCN(CCCC)S(=O)(=O)c1ccc(C(=O)Nc2nc3c(Cl)cccc3s2)cc1. The number of unbranched alkanes of at least 4 members (excludes halogenated alkanes) is 2. The van der Waals surface area contributed by atoms with Crippen LogP contribution in [0.25, 0.3) is 10.2 Å². The van der Waals surface area contributed by atoms with Gasteiger partial charge >= 0.3 is 0 Å². The van der Waals surface area contributed by atoms with Crippen molar-refractivity contribution in [1.29, 1.82) is 0 Å². The third-order valence-electron chi connectivity index (χ3n) is 4.87. The number of para-hydroxylation sites is 1. The molecule has 0 unspecified atom stereocenters. The lowest BCUT2D eigenvalue weighted by Crippen LogP contribution is -2.33. The molecule has 0 fully saturated rings. The lowest BCUT2D eigenvalue weighted by molar-refractivity contribution is 0.102. The van der Waals surface area contributed by atoms with Gasteiger partial charge in [0.25, 0.3) is 5.91 Å². The molecule has 0 atom stereocenters. The average Bonchev–Trinajstić information content (AvgIpc) is 3.17. The van der Waals surface area contributed by atoms with Crippen molar-refractivity contribution in [3.8, 4) is 0 Å². The zero-order valence-electron chi connectivity index (χ0n) is 17.6. The second-order valence-corrected chi connectivity index (χ2v) is 10.6.